The Morgan fingerprint density at radius 2 is 1.86 bits per heavy atom. The minimum absolute atomic E-state index is 0. The van der Waals surface area contributed by atoms with Gasteiger partial charge in [-0.2, -0.15) is 0 Å². The van der Waals surface area contributed by atoms with Gasteiger partial charge in [0.15, 0.2) is 17.5 Å². The molecule has 0 aliphatic heterocycles. The molecule has 7 heteroatoms. The van der Waals surface area contributed by atoms with Crippen molar-refractivity contribution in [3.8, 4) is 11.5 Å². The molecular weight excluding hydrogens is 467 g/mol. The van der Waals surface area contributed by atoms with E-state index in [0.717, 1.165) is 30.1 Å². The number of aromatic amines is 1. The monoisotopic (exact) mass is 494 g/mol. The summed E-state index contributed by atoms with van der Waals surface area (Å²) in [6.45, 7) is 3.52. The second kappa shape index (κ2) is 10.8. The molecule has 0 radical (unpaired) electrons. The zero-order chi connectivity index (χ0) is 19.1. The molecular formula is C21H27IN4O2. The zero-order valence-electron chi connectivity index (χ0n) is 16.4. The topological polar surface area (TPSA) is 70.7 Å². The molecule has 1 aromatic heterocycles. The van der Waals surface area contributed by atoms with E-state index >= 15 is 0 Å². The molecule has 2 aromatic carbocycles. The number of fused-ring (bicyclic) bond motifs is 1. The van der Waals surface area contributed by atoms with Crippen molar-refractivity contribution in [3.05, 3.63) is 54.2 Å². The normalized spacial score (nSPS) is 11.0. The fraction of sp³-hybridized carbons (Fsp3) is 0.286. The van der Waals surface area contributed by atoms with Crippen molar-refractivity contribution in [1.82, 2.24) is 10.3 Å². The molecule has 1 heterocycles. The highest BCUT2D eigenvalue weighted by Crippen LogP contribution is 2.29. The van der Waals surface area contributed by atoms with Gasteiger partial charge in [0.05, 0.1) is 14.2 Å². The molecule has 0 amide bonds. The van der Waals surface area contributed by atoms with Crippen molar-refractivity contribution in [1.29, 1.82) is 0 Å². The van der Waals surface area contributed by atoms with Crippen LogP contribution in [0.5, 0.6) is 11.5 Å². The first kappa shape index (κ1) is 21.9. The SMILES string of the molecule is CCNC(=NCCc1c[nH]c2ccccc12)Nc1ccc(OC)c(OC)c1.I. The number of aliphatic imine (C=N–C) groups is 1. The summed E-state index contributed by atoms with van der Waals surface area (Å²) < 4.78 is 10.6. The molecule has 0 unspecified atom stereocenters. The van der Waals surface area contributed by atoms with E-state index in [1.54, 1.807) is 14.2 Å². The Hall–Kier alpha value is -2.42. The number of benzene rings is 2. The van der Waals surface area contributed by atoms with Crippen molar-refractivity contribution in [2.45, 2.75) is 13.3 Å². The van der Waals surface area contributed by atoms with Crippen LogP contribution < -0.4 is 20.1 Å². The van der Waals surface area contributed by atoms with Gasteiger partial charge in [0.25, 0.3) is 0 Å². The number of ether oxygens (including phenoxy) is 2. The lowest BCUT2D eigenvalue weighted by atomic mass is 10.1. The molecule has 0 saturated heterocycles. The summed E-state index contributed by atoms with van der Waals surface area (Å²) in [5.74, 6) is 2.12. The Morgan fingerprint density at radius 3 is 2.61 bits per heavy atom. The number of nitrogens with one attached hydrogen (secondary N) is 3. The molecule has 3 aromatic rings. The maximum Gasteiger partial charge on any atom is 0.195 e. The van der Waals surface area contributed by atoms with E-state index in [9.17, 15) is 0 Å². The van der Waals surface area contributed by atoms with Crippen LogP contribution in [0.15, 0.2) is 53.7 Å². The molecule has 0 atom stereocenters. The molecule has 0 fully saturated rings. The van der Waals surface area contributed by atoms with Gasteiger partial charge in [0.1, 0.15) is 0 Å². The Labute approximate surface area is 182 Å². The van der Waals surface area contributed by atoms with Gasteiger partial charge in [-0.15, -0.1) is 24.0 Å². The summed E-state index contributed by atoms with van der Waals surface area (Å²) in [6.07, 6.45) is 2.93. The van der Waals surface area contributed by atoms with Crippen LogP contribution in [-0.2, 0) is 6.42 Å². The minimum Gasteiger partial charge on any atom is -0.493 e. The van der Waals surface area contributed by atoms with Crippen LogP contribution in [0, 0.1) is 0 Å². The van der Waals surface area contributed by atoms with Crippen LogP contribution in [0.4, 0.5) is 5.69 Å². The number of rotatable bonds is 7. The van der Waals surface area contributed by atoms with Crippen LogP contribution in [0.25, 0.3) is 10.9 Å². The highest BCUT2D eigenvalue weighted by Gasteiger charge is 2.07. The Bertz CT molecular complexity index is 924. The average molecular weight is 494 g/mol. The molecule has 0 spiro atoms. The number of anilines is 1. The third-order valence-corrected chi connectivity index (χ3v) is 4.32. The van der Waals surface area contributed by atoms with Crippen LogP contribution in [0.3, 0.4) is 0 Å². The quantitative estimate of drug-likeness (QED) is 0.258. The molecule has 0 aliphatic carbocycles. The van der Waals surface area contributed by atoms with Gasteiger partial charge in [0, 0.05) is 41.9 Å². The van der Waals surface area contributed by atoms with Crippen molar-refractivity contribution >= 4 is 46.5 Å². The molecule has 150 valence electrons. The first-order chi connectivity index (χ1) is 13.2. The fourth-order valence-corrected chi connectivity index (χ4v) is 2.98. The molecule has 0 aliphatic rings. The second-order valence-corrected chi connectivity index (χ2v) is 6.06. The van der Waals surface area contributed by atoms with Crippen LogP contribution in [0.1, 0.15) is 12.5 Å². The van der Waals surface area contributed by atoms with Crippen LogP contribution in [0.2, 0.25) is 0 Å². The minimum atomic E-state index is 0. The number of aromatic nitrogens is 1. The Kier molecular flexibility index (Phi) is 8.43. The van der Waals surface area contributed by atoms with E-state index < -0.39 is 0 Å². The molecule has 3 N–H and O–H groups in total. The fourth-order valence-electron chi connectivity index (χ4n) is 2.98. The van der Waals surface area contributed by atoms with Crippen molar-refractivity contribution in [2.24, 2.45) is 4.99 Å². The molecule has 28 heavy (non-hydrogen) atoms. The second-order valence-electron chi connectivity index (χ2n) is 6.06. The summed E-state index contributed by atoms with van der Waals surface area (Å²) in [4.78, 5) is 8.01. The van der Waals surface area contributed by atoms with E-state index in [4.69, 9.17) is 14.5 Å². The van der Waals surface area contributed by atoms with Gasteiger partial charge < -0.3 is 25.1 Å². The molecule has 3 rings (SSSR count). The number of para-hydroxylation sites is 1. The number of guanidine groups is 1. The standard InChI is InChI=1S/C21H26N4O2.HI/c1-4-22-21(25-16-9-10-19(26-2)20(13-16)27-3)23-12-11-15-14-24-18-8-6-5-7-17(15)18;/h5-10,13-14,24H,4,11-12H2,1-3H3,(H2,22,23,25);1H. The first-order valence-corrected chi connectivity index (χ1v) is 9.07. The maximum atomic E-state index is 5.36. The lowest BCUT2D eigenvalue weighted by molar-refractivity contribution is 0.355. The van der Waals surface area contributed by atoms with Gasteiger partial charge in [0.2, 0.25) is 0 Å². The van der Waals surface area contributed by atoms with Crippen molar-refractivity contribution in [2.75, 3.05) is 32.6 Å². The van der Waals surface area contributed by atoms with E-state index in [1.165, 1.54) is 10.9 Å². The third kappa shape index (κ3) is 5.31. The summed E-state index contributed by atoms with van der Waals surface area (Å²) in [5.41, 5.74) is 3.32. The predicted octanol–water partition coefficient (Wildman–Crippen LogP) is 4.42. The average Bonchev–Trinajstić information content (AvgIpc) is 3.11. The maximum absolute atomic E-state index is 5.36. The summed E-state index contributed by atoms with van der Waals surface area (Å²) >= 11 is 0. The van der Waals surface area contributed by atoms with Crippen molar-refractivity contribution < 1.29 is 9.47 Å². The Morgan fingerprint density at radius 1 is 1.07 bits per heavy atom. The Balaban J connectivity index is 0.00000280. The highest BCUT2D eigenvalue weighted by atomic mass is 127. The lowest BCUT2D eigenvalue weighted by Crippen LogP contribution is -2.30. The number of halogens is 1. The molecule has 0 bridgehead atoms. The van der Waals surface area contributed by atoms with Crippen LogP contribution >= 0.6 is 24.0 Å². The van der Waals surface area contributed by atoms with E-state index in [0.29, 0.717) is 18.0 Å². The summed E-state index contributed by atoms with van der Waals surface area (Å²) in [5, 5.41) is 7.85. The number of methoxy groups -OCH3 is 2. The first-order valence-electron chi connectivity index (χ1n) is 9.07. The van der Waals surface area contributed by atoms with Gasteiger partial charge in [-0.1, -0.05) is 18.2 Å². The van der Waals surface area contributed by atoms with Gasteiger partial charge in [-0.05, 0) is 37.1 Å². The smallest absolute Gasteiger partial charge is 0.195 e. The third-order valence-electron chi connectivity index (χ3n) is 4.32. The van der Waals surface area contributed by atoms with Gasteiger partial charge >= 0.3 is 0 Å². The van der Waals surface area contributed by atoms with E-state index in [-0.39, 0.29) is 24.0 Å². The van der Waals surface area contributed by atoms with Crippen LogP contribution in [-0.4, -0.2) is 38.3 Å². The van der Waals surface area contributed by atoms with Gasteiger partial charge in [-0.3, -0.25) is 4.99 Å². The lowest BCUT2D eigenvalue weighted by Gasteiger charge is -2.13. The number of hydrogen-bond acceptors (Lipinski definition) is 3. The highest BCUT2D eigenvalue weighted by molar-refractivity contribution is 14.0. The largest absolute Gasteiger partial charge is 0.493 e. The summed E-state index contributed by atoms with van der Waals surface area (Å²) in [7, 11) is 3.25. The van der Waals surface area contributed by atoms with Gasteiger partial charge in [-0.25, -0.2) is 0 Å². The van der Waals surface area contributed by atoms with Crippen molar-refractivity contribution in [3.63, 3.8) is 0 Å². The number of hydrogen-bond donors (Lipinski definition) is 3. The van der Waals surface area contributed by atoms with E-state index in [2.05, 4.69) is 40.0 Å². The number of nitrogens with zero attached hydrogens (tertiary/aromatic N) is 1. The predicted molar refractivity (Wildman–Crippen MR) is 127 cm³/mol. The summed E-state index contributed by atoms with van der Waals surface area (Å²) in [6, 6.07) is 14.0. The van der Waals surface area contributed by atoms with E-state index in [1.807, 2.05) is 31.2 Å². The zero-order valence-corrected chi connectivity index (χ0v) is 18.7. The number of H-pyrrole nitrogens is 1. The molecule has 6 nitrogen and oxygen atoms in total. The molecule has 0 saturated carbocycles.